The minimum Gasteiger partial charge on any atom is -0.776 e. The molecule has 0 heterocycles. The summed E-state index contributed by atoms with van der Waals surface area (Å²) in [5, 5.41) is 7.62. The van der Waals surface area contributed by atoms with Crippen molar-refractivity contribution < 1.29 is 43.4 Å². The van der Waals surface area contributed by atoms with Crippen molar-refractivity contribution in [3.63, 3.8) is 0 Å². The monoisotopic (exact) mass is 118 g/mol. The zero-order chi connectivity index (χ0) is 4.12. The summed E-state index contributed by atoms with van der Waals surface area (Å²) >= 11 is -0.0984. The molecule has 0 atom stereocenters. The maximum Gasteiger partial charge on any atom is 1.00 e. The molecule has 32 valence electrons. The van der Waals surface area contributed by atoms with E-state index in [9.17, 15) is 0 Å². The summed E-state index contributed by atoms with van der Waals surface area (Å²) < 4.78 is 12.8. The second kappa shape index (κ2) is 9.52. The molecule has 0 saturated carbocycles. The van der Waals surface area contributed by atoms with Gasteiger partial charge >= 0.3 is 29.6 Å². The van der Waals surface area contributed by atoms with Gasteiger partial charge in [-0.3, -0.25) is 0 Å². The van der Waals surface area contributed by atoms with Crippen LogP contribution in [-0.4, -0.2) is 16.5 Å². The van der Waals surface area contributed by atoms with Crippen molar-refractivity contribution in [2.45, 2.75) is 0 Å². The van der Waals surface area contributed by atoms with E-state index < -0.39 is 6.79 Å². The Bertz CT molecular complexity index is 18.3. The predicted octanol–water partition coefficient (Wildman–Crippen LogP) is -3.26. The van der Waals surface area contributed by atoms with Gasteiger partial charge in [-0.05, 0) is 0 Å². The molecule has 0 bridgehead atoms. The van der Waals surface area contributed by atoms with Crippen molar-refractivity contribution >= 4 is 12.3 Å². The van der Waals surface area contributed by atoms with E-state index in [0.717, 1.165) is 0 Å². The van der Waals surface area contributed by atoms with Crippen molar-refractivity contribution in [1.82, 2.24) is 0 Å². The smallest absolute Gasteiger partial charge is 0.776 e. The zero-order valence-corrected chi connectivity index (χ0v) is 6.20. The average molecular weight is 118 g/mol. The summed E-state index contributed by atoms with van der Waals surface area (Å²) in [5.74, 6) is 0. The summed E-state index contributed by atoms with van der Waals surface area (Å²) in [6.07, 6.45) is 0. The molecule has 0 unspecified atom stereocenters. The number of hydrogen-bond donors (Lipinski definition) is 1. The maximum absolute atomic E-state index is 9.06. The van der Waals surface area contributed by atoms with Crippen LogP contribution in [0, 0.1) is 0 Å². The Morgan fingerprint density at radius 1 is 1.83 bits per heavy atom. The first-order chi connectivity index (χ1) is 2.41. The van der Waals surface area contributed by atoms with Gasteiger partial charge in [0.1, 0.15) is 0 Å². The summed E-state index contributed by atoms with van der Waals surface area (Å²) in [6.45, 7) is -0.506. The fourth-order valence-electron chi connectivity index (χ4n) is 0.0215. The van der Waals surface area contributed by atoms with Gasteiger partial charge in [-0.2, -0.15) is 0 Å². The number of hydrogen-bond acceptors (Lipinski definition) is 4. The number of aliphatic hydroxyl groups is 1. The van der Waals surface area contributed by atoms with E-state index in [1.54, 1.807) is 0 Å². The first-order valence-corrected chi connectivity index (χ1v) is 1.60. The maximum atomic E-state index is 9.06. The van der Waals surface area contributed by atoms with Gasteiger partial charge in [-0.15, -0.1) is 0 Å². The first kappa shape index (κ1) is 10.3. The minimum absolute atomic E-state index is 0. The molecule has 0 aromatic rings. The second-order valence-electron chi connectivity index (χ2n) is 0.315. The Hall–Kier alpha value is 1.23. The Balaban J connectivity index is 0. The van der Waals surface area contributed by atoms with Crippen LogP contribution in [0.4, 0.5) is 0 Å². The van der Waals surface area contributed by atoms with Crippen LogP contribution < -0.4 is 29.6 Å². The molecule has 0 aliphatic rings. The normalized spacial score (nSPS) is 7.00. The second-order valence-corrected chi connectivity index (χ2v) is 0.687. The van der Waals surface area contributed by atoms with Crippen LogP contribution in [0.1, 0.15) is 0 Å². The molecule has 5 heteroatoms. The zero-order valence-electron chi connectivity index (χ0n) is 3.38. The fourth-order valence-corrected chi connectivity index (χ4v) is 0.0645. The van der Waals surface area contributed by atoms with Crippen LogP contribution in [0.25, 0.3) is 0 Å². The summed E-state index contributed by atoms with van der Waals surface area (Å²) in [4.78, 5) is 0. The van der Waals surface area contributed by atoms with Crippen LogP contribution in [0.15, 0.2) is 0 Å². The molecule has 6 heavy (non-hydrogen) atoms. The van der Waals surface area contributed by atoms with Crippen LogP contribution in [0.3, 0.4) is 0 Å². The molecule has 0 aliphatic carbocycles. The number of rotatable bonds is 2. The standard InChI is InChI=1S/CH4O3S.Na/c2-1-4-5-3;/h2-3H,1H2;/q;+1/p-1. The Morgan fingerprint density at radius 2 is 2.33 bits per heavy atom. The van der Waals surface area contributed by atoms with E-state index in [0.29, 0.717) is 0 Å². The average Bonchev–Trinajstić information content (AvgIpc) is 1.41. The third kappa shape index (κ3) is 8.97. The van der Waals surface area contributed by atoms with E-state index in [1.165, 1.54) is 0 Å². The summed E-state index contributed by atoms with van der Waals surface area (Å²) in [5.41, 5.74) is 0. The Morgan fingerprint density at radius 3 is 2.33 bits per heavy atom. The van der Waals surface area contributed by atoms with E-state index in [1.807, 2.05) is 0 Å². The first-order valence-electron chi connectivity index (χ1n) is 0.938. The molecular weight excluding hydrogens is 115 g/mol. The van der Waals surface area contributed by atoms with E-state index in [4.69, 9.17) is 9.66 Å². The van der Waals surface area contributed by atoms with Crippen molar-refractivity contribution in [2.75, 3.05) is 6.79 Å². The van der Waals surface area contributed by atoms with E-state index in [2.05, 4.69) is 4.18 Å². The predicted molar refractivity (Wildman–Crippen MR) is 16.5 cm³/mol. The van der Waals surface area contributed by atoms with Crippen molar-refractivity contribution in [3.8, 4) is 0 Å². The van der Waals surface area contributed by atoms with E-state index >= 15 is 0 Å². The quantitative estimate of drug-likeness (QED) is 0.235. The van der Waals surface area contributed by atoms with Gasteiger partial charge in [0.2, 0.25) is 0 Å². The molecule has 0 amide bonds. The summed E-state index contributed by atoms with van der Waals surface area (Å²) in [7, 11) is 0. The van der Waals surface area contributed by atoms with Gasteiger partial charge < -0.3 is 13.8 Å². The van der Waals surface area contributed by atoms with Gasteiger partial charge in [0.15, 0.2) is 6.79 Å². The molecule has 0 aromatic carbocycles. The molecule has 0 spiro atoms. The molecule has 0 aromatic heterocycles. The molecule has 0 radical (unpaired) electrons. The molecule has 0 fully saturated rings. The topological polar surface area (TPSA) is 52.5 Å². The Kier molecular flexibility index (Phi) is 16.3. The van der Waals surface area contributed by atoms with Gasteiger partial charge in [0, 0.05) is 0 Å². The third-order valence-corrected chi connectivity index (χ3v) is 0.302. The van der Waals surface area contributed by atoms with Gasteiger partial charge in [-0.1, -0.05) is 12.3 Å². The van der Waals surface area contributed by atoms with Crippen molar-refractivity contribution in [1.29, 1.82) is 0 Å². The van der Waals surface area contributed by atoms with Crippen molar-refractivity contribution in [3.05, 3.63) is 0 Å². The Labute approximate surface area is 62.4 Å². The molecule has 1 N–H and O–H groups in total. The summed E-state index contributed by atoms with van der Waals surface area (Å²) in [6, 6.07) is 0. The van der Waals surface area contributed by atoms with Crippen LogP contribution >= 0.6 is 12.3 Å². The molecule has 3 nitrogen and oxygen atoms in total. The van der Waals surface area contributed by atoms with Gasteiger partial charge in [0.05, 0.1) is 0 Å². The molecule has 0 aliphatic heterocycles. The van der Waals surface area contributed by atoms with Crippen LogP contribution in [0.2, 0.25) is 0 Å². The fraction of sp³-hybridized carbons (Fsp3) is 1.00. The van der Waals surface area contributed by atoms with Crippen LogP contribution in [-0.2, 0) is 4.18 Å². The molecule has 0 saturated heterocycles. The molecule has 0 rings (SSSR count). The van der Waals surface area contributed by atoms with Gasteiger partial charge in [0.25, 0.3) is 0 Å². The van der Waals surface area contributed by atoms with Gasteiger partial charge in [-0.25, -0.2) is 0 Å². The molecular formula is CH3NaO3S. The van der Waals surface area contributed by atoms with Crippen LogP contribution in [0.5, 0.6) is 0 Å². The van der Waals surface area contributed by atoms with Crippen molar-refractivity contribution in [2.24, 2.45) is 0 Å². The SMILES string of the molecule is [Na+].[O-]SOCO. The third-order valence-electron chi connectivity index (χ3n) is 0.101. The minimum atomic E-state index is -0.506. The number of aliphatic hydroxyl groups excluding tert-OH is 1. The largest absolute Gasteiger partial charge is 1.00 e. The van der Waals surface area contributed by atoms with E-state index in [-0.39, 0.29) is 41.9 Å².